The molecule has 1 aliphatic rings. The number of anilines is 1. The number of ether oxygens (including phenoxy) is 2. The molecule has 0 amide bonds. The number of aromatic nitrogens is 2. The molecule has 0 aliphatic carbocycles. The predicted octanol–water partition coefficient (Wildman–Crippen LogP) is 2.16. The van der Waals surface area contributed by atoms with Crippen molar-refractivity contribution in [2.24, 2.45) is 0 Å². The van der Waals surface area contributed by atoms with Gasteiger partial charge in [-0.1, -0.05) is 0 Å². The summed E-state index contributed by atoms with van der Waals surface area (Å²) in [6.45, 7) is 6.09. The summed E-state index contributed by atoms with van der Waals surface area (Å²) >= 11 is 0. The summed E-state index contributed by atoms with van der Waals surface area (Å²) in [4.78, 5) is 8.56. The average molecular weight is 251 g/mol. The highest BCUT2D eigenvalue weighted by atomic mass is 16.5. The molecule has 2 rings (SSSR count). The molecule has 0 aromatic carbocycles. The minimum atomic E-state index is 0.169. The van der Waals surface area contributed by atoms with Gasteiger partial charge in [0.15, 0.2) is 0 Å². The monoisotopic (exact) mass is 251 g/mol. The van der Waals surface area contributed by atoms with Crippen LogP contribution in [0, 0.1) is 6.92 Å². The fourth-order valence-electron chi connectivity index (χ4n) is 2.32. The van der Waals surface area contributed by atoms with Crippen molar-refractivity contribution in [3.63, 3.8) is 0 Å². The third kappa shape index (κ3) is 3.32. The van der Waals surface area contributed by atoms with Gasteiger partial charge in [0.2, 0.25) is 11.8 Å². The number of hydrogen-bond donors (Lipinski definition) is 1. The van der Waals surface area contributed by atoms with Gasteiger partial charge in [-0.2, -0.15) is 4.98 Å². The van der Waals surface area contributed by atoms with Crippen molar-refractivity contribution < 1.29 is 9.47 Å². The third-order valence-electron chi connectivity index (χ3n) is 3.00. The Labute approximate surface area is 108 Å². The van der Waals surface area contributed by atoms with Crippen LogP contribution in [0.2, 0.25) is 0 Å². The normalized spacial score (nSPS) is 27.9. The second-order valence-electron chi connectivity index (χ2n) is 4.89. The summed E-state index contributed by atoms with van der Waals surface area (Å²) in [6.07, 6.45) is 2.46. The molecular formula is C13H21N3O2. The fraction of sp³-hybridized carbons (Fsp3) is 0.692. The Bertz CT molecular complexity index is 401. The smallest absolute Gasteiger partial charge is 0.225 e. The molecule has 18 heavy (non-hydrogen) atoms. The summed E-state index contributed by atoms with van der Waals surface area (Å²) in [5, 5.41) is 2.94. The molecule has 5 nitrogen and oxygen atoms in total. The van der Waals surface area contributed by atoms with Gasteiger partial charge in [0, 0.05) is 31.6 Å². The van der Waals surface area contributed by atoms with Crippen molar-refractivity contribution in [3.05, 3.63) is 11.8 Å². The highest BCUT2D eigenvalue weighted by molar-refractivity contribution is 5.29. The summed E-state index contributed by atoms with van der Waals surface area (Å²) in [5.41, 5.74) is 0.900. The Hall–Kier alpha value is -1.36. The van der Waals surface area contributed by atoms with E-state index in [-0.39, 0.29) is 18.3 Å². The SMILES string of the molecule is CNc1nc(C)cc(OC2CC(C)OC(C)C2)n1. The van der Waals surface area contributed by atoms with Gasteiger partial charge in [-0.3, -0.25) is 0 Å². The zero-order chi connectivity index (χ0) is 13.1. The minimum Gasteiger partial charge on any atom is -0.474 e. The van der Waals surface area contributed by atoms with E-state index >= 15 is 0 Å². The van der Waals surface area contributed by atoms with Crippen molar-refractivity contribution >= 4 is 5.95 Å². The van der Waals surface area contributed by atoms with Crippen molar-refractivity contribution in [2.75, 3.05) is 12.4 Å². The molecule has 5 heteroatoms. The van der Waals surface area contributed by atoms with E-state index in [1.54, 1.807) is 7.05 Å². The highest BCUT2D eigenvalue weighted by Crippen LogP contribution is 2.23. The maximum Gasteiger partial charge on any atom is 0.225 e. The van der Waals surface area contributed by atoms with Gasteiger partial charge in [0.05, 0.1) is 12.2 Å². The molecule has 1 saturated heterocycles. The van der Waals surface area contributed by atoms with Crippen LogP contribution < -0.4 is 10.1 Å². The van der Waals surface area contributed by atoms with Crippen molar-refractivity contribution in [2.45, 2.75) is 51.9 Å². The van der Waals surface area contributed by atoms with Crippen molar-refractivity contribution in [3.8, 4) is 5.88 Å². The first-order valence-corrected chi connectivity index (χ1v) is 6.42. The lowest BCUT2D eigenvalue weighted by atomic mass is 10.0. The zero-order valence-corrected chi connectivity index (χ0v) is 11.4. The van der Waals surface area contributed by atoms with Crippen LogP contribution in [0.25, 0.3) is 0 Å². The van der Waals surface area contributed by atoms with Gasteiger partial charge in [-0.25, -0.2) is 4.98 Å². The average Bonchev–Trinajstić information content (AvgIpc) is 2.26. The van der Waals surface area contributed by atoms with E-state index in [9.17, 15) is 0 Å². The first-order chi connectivity index (χ1) is 8.56. The molecule has 0 spiro atoms. The first kappa shape index (κ1) is 13.1. The summed E-state index contributed by atoms with van der Waals surface area (Å²) in [7, 11) is 1.80. The van der Waals surface area contributed by atoms with E-state index in [0.29, 0.717) is 11.8 Å². The molecule has 0 bridgehead atoms. The fourth-order valence-corrected chi connectivity index (χ4v) is 2.32. The molecule has 2 heterocycles. The van der Waals surface area contributed by atoms with Gasteiger partial charge < -0.3 is 14.8 Å². The number of hydrogen-bond acceptors (Lipinski definition) is 5. The largest absolute Gasteiger partial charge is 0.474 e. The van der Waals surface area contributed by atoms with E-state index in [4.69, 9.17) is 9.47 Å². The zero-order valence-electron chi connectivity index (χ0n) is 11.4. The topological polar surface area (TPSA) is 56.3 Å². The lowest BCUT2D eigenvalue weighted by Crippen LogP contribution is -2.35. The van der Waals surface area contributed by atoms with Crippen LogP contribution in [0.15, 0.2) is 6.07 Å². The van der Waals surface area contributed by atoms with Gasteiger partial charge in [0.25, 0.3) is 0 Å². The van der Waals surface area contributed by atoms with Crippen LogP contribution >= 0.6 is 0 Å². The van der Waals surface area contributed by atoms with E-state index in [1.165, 1.54) is 0 Å². The summed E-state index contributed by atoms with van der Waals surface area (Å²) in [5.74, 6) is 1.23. The van der Waals surface area contributed by atoms with E-state index < -0.39 is 0 Å². The molecule has 1 fully saturated rings. The lowest BCUT2D eigenvalue weighted by molar-refractivity contribution is -0.0729. The van der Waals surface area contributed by atoms with Gasteiger partial charge in [-0.05, 0) is 20.8 Å². The van der Waals surface area contributed by atoms with Crippen LogP contribution in [-0.4, -0.2) is 35.3 Å². The maximum atomic E-state index is 5.95. The summed E-state index contributed by atoms with van der Waals surface area (Å²) in [6, 6.07) is 1.87. The molecule has 2 atom stereocenters. The molecule has 1 aliphatic heterocycles. The van der Waals surface area contributed by atoms with Crippen molar-refractivity contribution in [1.29, 1.82) is 0 Å². The van der Waals surface area contributed by atoms with Crippen LogP contribution in [-0.2, 0) is 4.74 Å². The van der Waals surface area contributed by atoms with Gasteiger partial charge in [-0.15, -0.1) is 0 Å². The van der Waals surface area contributed by atoms with Crippen LogP contribution in [0.4, 0.5) is 5.95 Å². The molecule has 1 N–H and O–H groups in total. The molecule has 2 unspecified atom stereocenters. The van der Waals surface area contributed by atoms with E-state index in [1.807, 2.05) is 13.0 Å². The molecule has 1 aromatic heterocycles. The highest BCUT2D eigenvalue weighted by Gasteiger charge is 2.26. The minimum absolute atomic E-state index is 0.169. The molecule has 100 valence electrons. The Balaban J connectivity index is 2.06. The Morgan fingerprint density at radius 2 is 1.94 bits per heavy atom. The maximum absolute atomic E-state index is 5.95. The van der Waals surface area contributed by atoms with E-state index in [2.05, 4.69) is 29.1 Å². The number of aryl methyl sites for hydroxylation is 1. The molecule has 1 aromatic rings. The van der Waals surface area contributed by atoms with Crippen LogP contribution in [0.1, 0.15) is 32.4 Å². The lowest BCUT2D eigenvalue weighted by Gasteiger charge is -2.31. The molecule has 0 radical (unpaired) electrons. The third-order valence-corrected chi connectivity index (χ3v) is 3.00. The number of rotatable bonds is 3. The number of nitrogens with zero attached hydrogens (tertiary/aromatic N) is 2. The van der Waals surface area contributed by atoms with Gasteiger partial charge >= 0.3 is 0 Å². The Kier molecular flexibility index (Phi) is 4.01. The molecule has 0 saturated carbocycles. The first-order valence-electron chi connectivity index (χ1n) is 6.42. The van der Waals surface area contributed by atoms with Crippen LogP contribution in [0.3, 0.4) is 0 Å². The Morgan fingerprint density at radius 3 is 2.56 bits per heavy atom. The second kappa shape index (κ2) is 5.52. The number of nitrogens with one attached hydrogen (secondary N) is 1. The second-order valence-corrected chi connectivity index (χ2v) is 4.89. The van der Waals surface area contributed by atoms with Gasteiger partial charge in [0.1, 0.15) is 6.10 Å². The predicted molar refractivity (Wildman–Crippen MR) is 70.0 cm³/mol. The van der Waals surface area contributed by atoms with Crippen molar-refractivity contribution in [1.82, 2.24) is 9.97 Å². The van der Waals surface area contributed by atoms with E-state index in [0.717, 1.165) is 18.5 Å². The quantitative estimate of drug-likeness (QED) is 0.892. The summed E-state index contributed by atoms with van der Waals surface area (Å²) < 4.78 is 11.6. The standard InChI is InChI=1S/C13H21N3O2/c1-8-5-12(16-13(14-4)15-8)18-11-6-9(2)17-10(3)7-11/h5,9-11H,6-7H2,1-4H3,(H,14,15,16). The molecular weight excluding hydrogens is 230 g/mol. The van der Waals surface area contributed by atoms with Crippen LogP contribution in [0.5, 0.6) is 5.88 Å². The Morgan fingerprint density at radius 1 is 1.28 bits per heavy atom.